The van der Waals surface area contributed by atoms with Gasteiger partial charge in [0.15, 0.2) is 6.29 Å². The molecule has 0 aliphatic heterocycles. The highest BCUT2D eigenvalue weighted by atomic mass is 16.6. The molecule has 0 saturated carbocycles. The van der Waals surface area contributed by atoms with E-state index < -0.39 is 33.3 Å². The number of benzene rings is 1. The standard InChI is InChI=1S/C8H9N3O7/c12-7(13)3-9-4-1-5(10(15)16)8(14)6(2-4)11(17)18/h1-2,7,9,12-14H,3H2. The molecule has 0 amide bonds. The van der Waals surface area contributed by atoms with E-state index in [9.17, 15) is 25.3 Å². The van der Waals surface area contributed by atoms with Gasteiger partial charge in [-0.25, -0.2) is 0 Å². The molecule has 10 heteroatoms. The van der Waals surface area contributed by atoms with Gasteiger partial charge in [-0.3, -0.25) is 20.2 Å². The quantitative estimate of drug-likeness (QED) is 0.247. The zero-order chi connectivity index (χ0) is 13.9. The summed E-state index contributed by atoms with van der Waals surface area (Å²) in [7, 11) is 0. The summed E-state index contributed by atoms with van der Waals surface area (Å²) in [5.74, 6) is -1.06. The summed E-state index contributed by atoms with van der Waals surface area (Å²) in [5, 5.41) is 50.0. The van der Waals surface area contributed by atoms with E-state index >= 15 is 0 Å². The van der Waals surface area contributed by atoms with Gasteiger partial charge in [0.05, 0.1) is 16.4 Å². The number of nitro groups is 2. The van der Waals surface area contributed by atoms with Crippen LogP contribution in [0.5, 0.6) is 5.75 Å². The second-order valence-corrected chi connectivity index (χ2v) is 3.24. The van der Waals surface area contributed by atoms with Gasteiger partial charge in [-0.05, 0) is 0 Å². The van der Waals surface area contributed by atoms with Crippen molar-refractivity contribution in [1.29, 1.82) is 0 Å². The first-order chi connectivity index (χ1) is 8.32. The molecule has 0 aromatic heterocycles. The highest BCUT2D eigenvalue weighted by Gasteiger charge is 2.26. The molecule has 4 N–H and O–H groups in total. The number of nitrogens with zero attached hydrogens (tertiary/aromatic N) is 2. The molecule has 0 fully saturated rings. The van der Waals surface area contributed by atoms with Crippen LogP contribution in [-0.4, -0.2) is 38.0 Å². The third-order valence-corrected chi connectivity index (χ3v) is 1.95. The van der Waals surface area contributed by atoms with Crippen molar-refractivity contribution in [3.8, 4) is 5.75 Å². The normalized spacial score (nSPS) is 10.4. The van der Waals surface area contributed by atoms with E-state index in [-0.39, 0.29) is 12.2 Å². The lowest BCUT2D eigenvalue weighted by atomic mass is 10.2. The Kier molecular flexibility index (Phi) is 3.97. The van der Waals surface area contributed by atoms with Gasteiger partial charge in [0.1, 0.15) is 0 Å². The maximum atomic E-state index is 10.6. The van der Waals surface area contributed by atoms with E-state index in [1.807, 2.05) is 0 Å². The van der Waals surface area contributed by atoms with Gasteiger partial charge in [0.2, 0.25) is 0 Å². The molecule has 0 heterocycles. The Labute approximate surface area is 99.4 Å². The molecule has 1 aromatic rings. The monoisotopic (exact) mass is 259 g/mol. The molecule has 10 nitrogen and oxygen atoms in total. The summed E-state index contributed by atoms with van der Waals surface area (Å²) in [6.45, 7) is -0.376. The largest absolute Gasteiger partial charge is 0.497 e. The number of hydrogen-bond acceptors (Lipinski definition) is 8. The molecule has 0 atom stereocenters. The number of aromatic hydroxyl groups is 1. The third kappa shape index (κ3) is 3.02. The number of nitro benzene ring substituents is 2. The highest BCUT2D eigenvalue weighted by molar-refractivity contribution is 5.68. The Morgan fingerprint density at radius 2 is 1.61 bits per heavy atom. The molecule has 0 aliphatic rings. The lowest BCUT2D eigenvalue weighted by Gasteiger charge is -2.08. The minimum Gasteiger partial charge on any atom is -0.497 e. The van der Waals surface area contributed by atoms with E-state index in [0.717, 1.165) is 12.1 Å². The molecule has 0 aliphatic carbocycles. The second-order valence-electron chi connectivity index (χ2n) is 3.24. The maximum Gasteiger partial charge on any atom is 0.320 e. The molecule has 0 bridgehead atoms. The van der Waals surface area contributed by atoms with Crippen LogP contribution in [0.4, 0.5) is 17.1 Å². The molecule has 1 aromatic carbocycles. The van der Waals surface area contributed by atoms with Crippen LogP contribution in [0, 0.1) is 20.2 Å². The lowest BCUT2D eigenvalue weighted by Crippen LogP contribution is -2.18. The number of anilines is 1. The Hall–Kier alpha value is -2.46. The zero-order valence-corrected chi connectivity index (χ0v) is 8.81. The first kappa shape index (κ1) is 13.6. The molecule has 0 saturated heterocycles. The Balaban J connectivity index is 3.20. The van der Waals surface area contributed by atoms with Crippen molar-refractivity contribution in [2.24, 2.45) is 0 Å². The summed E-state index contributed by atoms with van der Waals surface area (Å²) in [4.78, 5) is 19.2. The molecule has 1 rings (SSSR count). The molecule has 98 valence electrons. The zero-order valence-electron chi connectivity index (χ0n) is 8.81. The van der Waals surface area contributed by atoms with Crippen LogP contribution in [0.3, 0.4) is 0 Å². The summed E-state index contributed by atoms with van der Waals surface area (Å²) in [6, 6.07) is 1.70. The van der Waals surface area contributed by atoms with Gasteiger partial charge in [-0.1, -0.05) is 0 Å². The number of phenolic OH excluding ortho intramolecular Hbond substituents is 1. The van der Waals surface area contributed by atoms with Gasteiger partial charge in [-0.2, -0.15) is 0 Å². The number of aliphatic hydroxyl groups is 2. The Morgan fingerprint density at radius 1 is 1.17 bits per heavy atom. The van der Waals surface area contributed by atoms with Crippen LogP contribution in [0.1, 0.15) is 0 Å². The van der Waals surface area contributed by atoms with Crippen molar-refractivity contribution in [2.75, 3.05) is 11.9 Å². The summed E-state index contributed by atoms with van der Waals surface area (Å²) < 4.78 is 0. The predicted octanol–water partition coefficient (Wildman–Crippen LogP) is -0.0688. The lowest BCUT2D eigenvalue weighted by molar-refractivity contribution is -0.395. The number of aliphatic hydroxyl groups excluding tert-OH is 1. The number of hydrogen-bond donors (Lipinski definition) is 4. The summed E-state index contributed by atoms with van der Waals surface area (Å²) in [6.07, 6.45) is -1.73. The van der Waals surface area contributed by atoms with Crippen LogP contribution in [0.25, 0.3) is 0 Å². The first-order valence-electron chi connectivity index (χ1n) is 4.58. The van der Waals surface area contributed by atoms with Crippen molar-refractivity contribution < 1.29 is 25.2 Å². The van der Waals surface area contributed by atoms with Gasteiger partial charge >= 0.3 is 11.4 Å². The Morgan fingerprint density at radius 3 is 1.94 bits per heavy atom. The molecule has 18 heavy (non-hydrogen) atoms. The molecular formula is C8H9N3O7. The summed E-state index contributed by atoms with van der Waals surface area (Å²) >= 11 is 0. The SMILES string of the molecule is O=[N+]([O-])c1cc(NCC(O)O)cc([N+](=O)[O-])c1O. The van der Waals surface area contributed by atoms with Crippen molar-refractivity contribution in [3.05, 3.63) is 32.4 Å². The highest BCUT2D eigenvalue weighted by Crippen LogP contribution is 2.38. The van der Waals surface area contributed by atoms with E-state index in [0.29, 0.717) is 0 Å². The fraction of sp³-hybridized carbons (Fsp3) is 0.250. The molecule has 0 radical (unpaired) electrons. The fourth-order valence-corrected chi connectivity index (χ4v) is 1.19. The smallest absolute Gasteiger partial charge is 0.320 e. The van der Waals surface area contributed by atoms with E-state index in [4.69, 9.17) is 10.2 Å². The van der Waals surface area contributed by atoms with E-state index in [1.165, 1.54) is 0 Å². The van der Waals surface area contributed by atoms with Crippen LogP contribution in [0.15, 0.2) is 12.1 Å². The first-order valence-corrected chi connectivity index (χ1v) is 4.58. The Bertz CT molecular complexity index is 453. The summed E-state index contributed by atoms with van der Waals surface area (Å²) in [5.41, 5.74) is -1.78. The topological polar surface area (TPSA) is 159 Å². The number of phenols is 1. The fourth-order valence-electron chi connectivity index (χ4n) is 1.19. The van der Waals surface area contributed by atoms with Crippen molar-refractivity contribution >= 4 is 17.1 Å². The number of nitrogens with one attached hydrogen (secondary N) is 1. The molecule has 0 unspecified atom stereocenters. The minimum atomic E-state index is -1.73. The second kappa shape index (κ2) is 5.25. The van der Waals surface area contributed by atoms with Gasteiger partial charge in [0, 0.05) is 17.8 Å². The van der Waals surface area contributed by atoms with Crippen LogP contribution in [-0.2, 0) is 0 Å². The average molecular weight is 259 g/mol. The van der Waals surface area contributed by atoms with Crippen molar-refractivity contribution in [2.45, 2.75) is 6.29 Å². The van der Waals surface area contributed by atoms with Gasteiger partial charge in [-0.15, -0.1) is 0 Å². The molecule has 0 spiro atoms. The van der Waals surface area contributed by atoms with Crippen molar-refractivity contribution in [1.82, 2.24) is 0 Å². The van der Waals surface area contributed by atoms with Crippen LogP contribution in [0.2, 0.25) is 0 Å². The predicted molar refractivity (Wildman–Crippen MR) is 58.1 cm³/mol. The third-order valence-electron chi connectivity index (χ3n) is 1.95. The average Bonchev–Trinajstić information content (AvgIpc) is 2.26. The van der Waals surface area contributed by atoms with Crippen LogP contribution < -0.4 is 5.32 Å². The molecular weight excluding hydrogens is 250 g/mol. The van der Waals surface area contributed by atoms with E-state index in [1.54, 1.807) is 0 Å². The van der Waals surface area contributed by atoms with Crippen molar-refractivity contribution in [3.63, 3.8) is 0 Å². The van der Waals surface area contributed by atoms with Crippen LogP contribution >= 0.6 is 0 Å². The number of rotatable bonds is 5. The van der Waals surface area contributed by atoms with E-state index in [2.05, 4.69) is 5.32 Å². The van der Waals surface area contributed by atoms with Gasteiger partial charge < -0.3 is 20.6 Å². The minimum absolute atomic E-state index is 0.0840. The maximum absolute atomic E-state index is 10.6. The van der Waals surface area contributed by atoms with Gasteiger partial charge in [0.25, 0.3) is 5.75 Å².